The number of piperazine rings is 1. The Labute approximate surface area is 180 Å². The number of carbonyl (C=O) groups excluding carboxylic acids is 2. The minimum atomic E-state index is -0.518. The van der Waals surface area contributed by atoms with Gasteiger partial charge in [0.2, 0.25) is 5.91 Å². The Morgan fingerprint density at radius 2 is 2.07 bits per heavy atom. The number of aliphatic hydroxyl groups excluding tert-OH is 1. The van der Waals surface area contributed by atoms with Crippen molar-refractivity contribution in [1.82, 2.24) is 10.2 Å². The number of aliphatic hydroxyl groups is 1. The van der Waals surface area contributed by atoms with Crippen molar-refractivity contribution in [2.75, 3.05) is 55.7 Å². The molecule has 1 aromatic carbocycles. The first kappa shape index (κ1) is 22.2. The third-order valence-electron chi connectivity index (χ3n) is 5.23. The van der Waals surface area contributed by atoms with Gasteiger partial charge in [0, 0.05) is 26.2 Å². The summed E-state index contributed by atoms with van der Waals surface area (Å²) >= 11 is 5.21. The highest BCUT2D eigenvalue weighted by atomic mass is 32.1. The van der Waals surface area contributed by atoms with Crippen molar-refractivity contribution < 1.29 is 23.8 Å². The molecule has 30 heavy (non-hydrogen) atoms. The number of hydrogen-bond donors (Lipinski definition) is 2. The molecule has 2 heterocycles. The summed E-state index contributed by atoms with van der Waals surface area (Å²) in [6.45, 7) is 4.06. The molecule has 0 spiro atoms. The third kappa shape index (κ3) is 5.17. The maximum Gasteiger partial charge on any atom is 0.414 e. The number of nitrogens with zero attached hydrogens (tertiary/aromatic N) is 3. The van der Waals surface area contributed by atoms with Gasteiger partial charge in [-0.25, -0.2) is 9.18 Å². The summed E-state index contributed by atoms with van der Waals surface area (Å²) in [5, 5.41) is 12.1. The molecular weight excluding hydrogens is 411 g/mol. The summed E-state index contributed by atoms with van der Waals surface area (Å²) in [7, 11) is 0. The highest BCUT2D eigenvalue weighted by molar-refractivity contribution is 7.80. The molecule has 0 saturated carbocycles. The molecule has 8 nitrogen and oxygen atoms in total. The third-order valence-corrected chi connectivity index (χ3v) is 5.58. The van der Waals surface area contributed by atoms with Gasteiger partial charge in [-0.1, -0.05) is 19.1 Å². The van der Waals surface area contributed by atoms with E-state index in [4.69, 9.17) is 22.1 Å². The van der Waals surface area contributed by atoms with Crippen LogP contribution in [0.4, 0.5) is 20.6 Å². The zero-order valence-electron chi connectivity index (χ0n) is 17.0. The molecule has 10 heteroatoms. The second-order valence-corrected chi connectivity index (χ2v) is 7.82. The fourth-order valence-corrected chi connectivity index (χ4v) is 3.89. The lowest BCUT2D eigenvalue weighted by Crippen LogP contribution is -2.49. The quantitative estimate of drug-likeness (QED) is 0.624. The second-order valence-electron chi connectivity index (χ2n) is 7.33. The molecule has 1 aromatic rings. The summed E-state index contributed by atoms with van der Waals surface area (Å²) in [6.07, 6.45) is 0.869. The van der Waals surface area contributed by atoms with Crippen molar-refractivity contribution in [2.45, 2.75) is 25.9 Å². The maximum absolute atomic E-state index is 14.8. The minimum absolute atomic E-state index is 0.321. The van der Waals surface area contributed by atoms with E-state index >= 15 is 0 Å². The first-order valence-corrected chi connectivity index (χ1v) is 10.5. The molecule has 2 saturated heterocycles. The topological polar surface area (TPSA) is 85.4 Å². The molecule has 0 aromatic heterocycles. The van der Waals surface area contributed by atoms with Crippen LogP contribution in [0.1, 0.15) is 19.8 Å². The lowest BCUT2D eigenvalue weighted by atomic mass is 10.2. The van der Waals surface area contributed by atoms with E-state index in [2.05, 4.69) is 5.32 Å². The average Bonchev–Trinajstić information content (AvgIpc) is 3.12. The normalized spacial score (nSPS) is 19.1. The number of carbonyl (C=O) groups is 2. The molecule has 2 amide bonds. The number of rotatable bonds is 7. The van der Waals surface area contributed by atoms with Crippen LogP contribution < -0.4 is 15.1 Å². The molecule has 0 aliphatic carbocycles. The molecule has 2 N–H and O–H groups in total. The molecule has 0 bridgehead atoms. The molecule has 2 aliphatic rings. The van der Waals surface area contributed by atoms with Crippen LogP contribution in [0.5, 0.6) is 0 Å². The number of anilines is 2. The van der Waals surface area contributed by atoms with Gasteiger partial charge >= 0.3 is 6.09 Å². The van der Waals surface area contributed by atoms with Crippen molar-refractivity contribution in [3.63, 3.8) is 0 Å². The number of cyclic esters (lactones) is 1. The smallest absolute Gasteiger partial charge is 0.414 e. The van der Waals surface area contributed by atoms with Crippen LogP contribution in [0.2, 0.25) is 0 Å². The Bertz CT molecular complexity index is 801. The summed E-state index contributed by atoms with van der Waals surface area (Å²) in [5.74, 6) is -0.759. The van der Waals surface area contributed by atoms with Crippen molar-refractivity contribution in [2.24, 2.45) is 0 Å². The van der Waals surface area contributed by atoms with Gasteiger partial charge in [0.15, 0.2) is 0 Å². The average molecular weight is 439 g/mol. The number of benzene rings is 1. The minimum Gasteiger partial charge on any atom is -0.442 e. The molecule has 1 unspecified atom stereocenters. The van der Waals surface area contributed by atoms with Crippen LogP contribution in [-0.2, 0) is 9.53 Å². The molecular formula is C20H27FN4O4S. The van der Waals surface area contributed by atoms with E-state index in [1.54, 1.807) is 17.0 Å². The van der Waals surface area contributed by atoms with Crippen molar-refractivity contribution in [1.29, 1.82) is 0 Å². The van der Waals surface area contributed by atoms with E-state index in [9.17, 15) is 14.0 Å². The van der Waals surface area contributed by atoms with E-state index in [1.807, 2.05) is 11.8 Å². The monoisotopic (exact) mass is 438 g/mol. The number of amides is 2. The number of thiocarbonyl (C=S) groups is 1. The van der Waals surface area contributed by atoms with E-state index < -0.39 is 18.5 Å². The zero-order chi connectivity index (χ0) is 21.7. The fourth-order valence-electron chi connectivity index (χ4n) is 3.60. The predicted molar refractivity (Wildman–Crippen MR) is 115 cm³/mol. The van der Waals surface area contributed by atoms with E-state index in [0.29, 0.717) is 50.6 Å². The number of nitrogens with one attached hydrogen (secondary N) is 1. The van der Waals surface area contributed by atoms with Crippen molar-refractivity contribution >= 4 is 40.6 Å². The Balaban J connectivity index is 1.59. The van der Waals surface area contributed by atoms with Crippen LogP contribution in [0.3, 0.4) is 0 Å². The van der Waals surface area contributed by atoms with Crippen LogP contribution in [0.25, 0.3) is 0 Å². The van der Waals surface area contributed by atoms with Crippen molar-refractivity contribution in [3.8, 4) is 0 Å². The van der Waals surface area contributed by atoms with Gasteiger partial charge in [-0.15, -0.1) is 0 Å². The van der Waals surface area contributed by atoms with Gasteiger partial charge in [0.05, 0.1) is 29.5 Å². The second kappa shape index (κ2) is 10.0. The van der Waals surface area contributed by atoms with Gasteiger partial charge in [0.25, 0.3) is 0 Å². The predicted octanol–water partition coefficient (Wildman–Crippen LogP) is 1.51. The van der Waals surface area contributed by atoms with Crippen LogP contribution >= 0.6 is 12.2 Å². The standard InChI is InChI=1S/C20H27FN4O4S/c1-2-3-18(30)22-11-15-12-25(20(28)29-15)14-4-5-17(16(21)10-14)23-6-8-24(9-7-23)19(27)13-26/h4-5,10,15,26H,2-3,6-9,11-13H2,1H3,(H,22,30). The van der Waals surface area contributed by atoms with E-state index in [0.717, 1.165) is 17.8 Å². The molecule has 0 radical (unpaired) electrons. The maximum atomic E-state index is 14.8. The van der Waals surface area contributed by atoms with Crippen LogP contribution in [0, 0.1) is 5.82 Å². The fraction of sp³-hybridized carbons (Fsp3) is 0.550. The summed E-state index contributed by atoms with van der Waals surface area (Å²) in [6, 6.07) is 4.67. The summed E-state index contributed by atoms with van der Waals surface area (Å²) in [4.78, 5) is 29.4. The first-order valence-electron chi connectivity index (χ1n) is 10.1. The van der Waals surface area contributed by atoms with Crippen LogP contribution in [-0.4, -0.2) is 79.0 Å². The lowest BCUT2D eigenvalue weighted by molar-refractivity contribution is -0.134. The van der Waals surface area contributed by atoms with Gasteiger partial charge in [-0.3, -0.25) is 9.69 Å². The Morgan fingerprint density at radius 3 is 2.70 bits per heavy atom. The molecule has 3 rings (SSSR count). The number of halogens is 1. The SMILES string of the molecule is CCCC(=S)NCC1CN(c2ccc(N3CCN(C(=O)CO)CC3)c(F)c2)C(=O)O1. The number of ether oxygens (including phenoxy) is 1. The number of hydrogen-bond acceptors (Lipinski definition) is 6. The Morgan fingerprint density at radius 1 is 1.33 bits per heavy atom. The van der Waals surface area contributed by atoms with Gasteiger partial charge in [-0.05, 0) is 31.0 Å². The van der Waals surface area contributed by atoms with Gasteiger partial charge in [-0.2, -0.15) is 0 Å². The van der Waals surface area contributed by atoms with Gasteiger partial charge in [0.1, 0.15) is 18.5 Å². The Hall–Kier alpha value is -2.46. The molecule has 164 valence electrons. The first-order chi connectivity index (χ1) is 14.4. The highest BCUT2D eigenvalue weighted by Gasteiger charge is 2.33. The summed E-state index contributed by atoms with van der Waals surface area (Å²) in [5.41, 5.74) is 0.861. The largest absolute Gasteiger partial charge is 0.442 e. The summed E-state index contributed by atoms with van der Waals surface area (Å²) < 4.78 is 20.2. The van der Waals surface area contributed by atoms with E-state index in [1.165, 1.54) is 11.0 Å². The molecule has 2 aliphatic heterocycles. The highest BCUT2D eigenvalue weighted by Crippen LogP contribution is 2.28. The van der Waals surface area contributed by atoms with Crippen LogP contribution in [0.15, 0.2) is 18.2 Å². The van der Waals surface area contributed by atoms with Gasteiger partial charge < -0.3 is 25.0 Å². The Kier molecular flexibility index (Phi) is 7.43. The molecule has 2 fully saturated rings. The van der Waals surface area contributed by atoms with Crippen molar-refractivity contribution in [3.05, 3.63) is 24.0 Å². The lowest BCUT2D eigenvalue weighted by Gasteiger charge is -2.36. The zero-order valence-corrected chi connectivity index (χ0v) is 17.8. The molecule has 1 atom stereocenters. The van der Waals surface area contributed by atoms with E-state index in [-0.39, 0.29) is 12.0 Å².